The Morgan fingerprint density at radius 1 is 1.16 bits per heavy atom. The highest BCUT2D eigenvalue weighted by Gasteiger charge is 2.15. The standard InChI is InChI=1S/C12H23N7/c1-9(2)12-14-10(16-13)8-11(15-12)17-19-6-4-18(3)5-7-19/h8-9H,4-7,13H2,1-3H3,(H2,14,15,16,17). The first-order valence-electron chi connectivity index (χ1n) is 6.64. The molecule has 4 N–H and O–H groups in total. The van der Waals surface area contributed by atoms with Crippen molar-refractivity contribution in [3.63, 3.8) is 0 Å². The summed E-state index contributed by atoms with van der Waals surface area (Å²) in [7, 11) is 2.13. The lowest BCUT2D eigenvalue weighted by Gasteiger charge is -2.32. The van der Waals surface area contributed by atoms with Gasteiger partial charge in [0.15, 0.2) is 0 Å². The molecule has 1 aromatic rings. The molecule has 106 valence electrons. The van der Waals surface area contributed by atoms with Gasteiger partial charge in [0.05, 0.1) is 0 Å². The van der Waals surface area contributed by atoms with E-state index in [0.717, 1.165) is 37.8 Å². The summed E-state index contributed by atoms with van der Waals surface area (Å²) in [5.74, 6) is 7.92. The zero-order valence-corrected chi connectivity index (χ0v) is 11.8. The van der Waals surface area contributed by atoms with Crippen LogP contribution in [0.4, 0.5) is 11.6 Å². The highest BCUT2D eigenvalue weighted by atomic mass is 15.5. The molecule has 1 fully saturated rings. The van der Waals surface area contributed by atoms with E-state index in [1.54, 1.807) is 0 Å². The van der Waals surface area contributed by atoms with Crippen molar-refractivity contribution in [3.05, 3.63) is 11.9 Å². The highest BCUT2D eigenvalue weighted by Crippen LogP contribution is 2.17. The smallest absolute Gasteiger partial charge is 0.146 e. The Balaban J connectivity index is 2.08. The number of anilines is 2. The molecule has 1 aliphatic heterocycles. The normalized spacial score (nSPS) is 17.7. The lowest BCUT2D eigenvalue weighted by molar-refractivity contribution is 0.178. The Morgan fingerprint density at radius 3 is 2.37 bits per heavy atom. The summed E-state index contributed by atoms with van der Waals surface area (Å²) in [5, 5.41) is 2.17. The molecular formula is C12H23N7. The van der Waals surface area contributed by atoms with Gasteiger partial charge in [0.25, 0.3) is 0 Å². The van der Waals surface area contributed by atoms with Crippen molar-refractivity contribution in [3.8, 4) is 0 Å². The van der Waals surface area contributed by atoms with E-state index in [0.29, 0.717) is 5.82 Å². The fourth-order valence-corrected chi connectivity index (χ4v) is 1.94. The Kier molecular flexibility index (Phi) is 4.52. The number of aromatic nitrogens is 2. The van der Waals surface area contributed by atoms with Crippen molar-refractivity contribution >= 4 is 11.6 Å². The van der Waals surface area contributed by atoms with Gasteiger partial charge in [0.2, 0.25) is 0 Å². The zero-order chi connectivity index (χ0) is 13.8. The van der Waals surface area contributed by atoms with Crippen LogP contribution in [0.5, 0.6) is 0 Å². The first kappa shape index (κ1) is 14.0. The van der Waals surface area contributed by atoms with Gasteiger partial charge in [-0.3, -0.25) is 0 Å². The fourth-order valence-electron chi connectivity index (χ4n) is 1.94. The second-order valence-electron chi connectivity index (χ2n) is 5.20. The van der Waals surface area contributed by atoms with Crippen LogP contribution in [0.3, 0.4) is 0 Å². The van der Waals surface area contributed by atoms with Crippen LogP contribution in [0.25, 0.3) is 0 Å². The minimum absolute atomic E-state index is 0.265. The molecule has 0 bridgehead atoms. The lowest BCUT2D eigenvalue weighted by Crippen LogP contribution is -2.47. The van der Waals surface area contributed by atoms with E-state index in [1.165, 1.54) is 0 Å². The molecule has 1 saturated heterocycles. The maximum atomic E-state index is 5.45. The molecule has 7 heteroatoms. The van der Waals surface area contributed by atoms with Crippen molar-refractivity contribution in [1.82, 2.24) is 19.9 Å². The highest BCUT2D eigenvalue weighted by molar-refractivity contribution is 5.46. The van der Waals surface area contributed by atoms with E-state index in [2.05, 4.69) is 51.6 Å². The number of hydrogen-bond acceptors (Lipinski definition) is 7. The molecule has 19 heavy (non-hydrogen) atoms. The lowest BCUT2D eigenvalue weighted by atomic mass is 10.2. The summed E-state index contributed by atoms with van der Waals surface area (Å²) in [6.45, 7) is 8.19. The number of likely N-dealkylation sites (N-methyl/N-ethyl adjacent to an activating group) is 1. The van der Waals surface area contributed by atoms with Crippen molar-refractivity contribution in [1.29, 1.82) is 0 Å². The van der Waals surface area contributed by atoms with Gasteiger partial charge in [0, 0.05) is 38.2 Å². The second-order valence-corrected chi connectivity index (χ2v) is 5.20. The molecule has 1 aromatic heterocycles. The molecule has 0 atom stereocenters. The molecule has 0 unspecified atom stereocenters. The molecule has 0 saturated carbocycles. The van der Waals surface area contributed by atoms with Gasteiger partial charge < -0.3 is 15.8 Å². The van der Waals surface area contributed by atoms with Crippen LogP contribution in [0.1, 0.15) is 25.6 Å². The number of piperazine rings is 1. The van der Waals surface area contributed by atoms with Gasteiger partial charge in [0.1, 0.15) is 17.5 Å². The van der Waals surface area contributed by atoms with Crippen molar-refractivity contribution in [2.45, 2.75) is 19.8 Å². The topological polar surface area (TPSA) is 82.3 Å². The van der Waals surface area contributed by atoms with Crippen LogP contribution >= 0.6 is 0 Å². The Bertz CT molecular complexity index is 413. The summed E-state index contributed by atoms with van der Waals surface area (Å²) in [6.07, 6.45) is 0. The average Bonchev–Trinajstić information content (AvgIpc) is 2.41. The summed E-state index contributed by atoms with van der Waals surface area (Å²) in [5.41, 5.74) is 5.92. The molecule has 0 aliphatic carbocycles. The van der Waals surface area contributed by atoms with Gasteiger partial charge in [-0.05, 0) is 7.05 Å². The third-order valence-electron chi connectivity index (χ3n) is 3.18. The van der Waals surface area contributed by atoms with E-state index in [-0.39, 0.29) is 5.92 Å². The van der Waals surface area contributed by atoms with E-state index in [4.69, 9.17) is 5.84 Å². The fraction of sp³-hybridized carbons (Fsp3) is 0.667. The molecule has 7 nitrogen and oxygen atoms in total. The number of nitrogens with two attached hydrogens (primary N) is 1. The van der Waals surface area contributed by atoms with Crippen LogP contribution in [0.15, 0.2) is 6.07 Å². The summed E-state index contributed by atoms with van der Waals surface area (Å²) in [4.78, 5) is 11.2. The quantitative estimate of drug-likeness (QED) is 0.539. The molecular weight excluding hydrogens is 242 g/mol. The van der Waals surface area contributed by atoms with Crippen LogP contribution in [-0.2, 0) is 0 Å². The number of hydrogen-bond donors (Lipinski definition) is 3. The maximum Gasteiger partial charge on any atom is 0.146 e. The van der Waals surface area contributed by atoms with E-state index < -0.39 is 0 Å². The Hall–Kier alpha value is -1.44. The van der Waals surface area contributed by atoms with Gasteiger partial charge in [-0.2, -0.15) is 0 Å². The molecule has 1 aliphatic rings. The number of hydrazine groups is 2. The predicted molar refractivity (Wildman–Crippen MR) is 76.6 cm³/mol. The van der Waals surface area contributed by atoms with E-state index in [9.17, 15) is 0 Å². The third kappa shape index (κ3) is 3.76. The molecule has 2 rings (SSSR count). The average molecular weight is 265 g/mol. The van der Waals surface area contributed by atoms with Gasteiger partial charge >= 0.3 is 0 Å². The van der Waals surface area contributed by atoms with Crippen LogP contribution in [-0.4, -0.2) is 53.1 Å². The molecule has 0 aromatic carbocycles. The van der Waals surface area contributed by atoms with E-state index in [1.807, 2.05) is 6.07 Å². The number of nitrogens with zero attached hydrogens (tertiary/aromatic N) is 4. The molecule has 2 heterocycles. The molecule has 0 amide bonds. The predicted octanol–water partition coefficient (Wildman–Crippen LogP) is 0.460. The monoisotopic (exact) mass is 265 g/mol. The SMILES string of the molecule is CC(C)c1nc(NN)cc(NN2CCN(C)CC2)n1. The maximum absolute atomic E-state index is 5.45. The van der Waals surface area contributed by atoms with Crippen LogP contribution in [0, 0.1) is 0 Å². The first-order chi connectivity index (χ1) is 9.08. The Labute approximate surface area is 114 Å². The number of nitrogens with one attached hydrogen (secondary N) is 2. The summed E-state index contributed by atoms with van der Waals surface area (Å²) in [6, 6.07) is 1.82. The summed E-state index contributed by atoms with van der Waals surface area (Å²) < 4.78 is 0. The van der Waals surface area contributed by atoms with Gasteiger partial charge in [-0.25, -0.2) is 20.8 Å². The van der Waals surface area contributed by atoms with Crippen molar-refractivity contribution in [2.75, 3.05) is 44.1 Å². The van der Waals surface area contributed by atoms with Crippen molar-refractivity contribution in [2.24, 2.45) is 5.84 Å². The largest absolute Gasteiger partial charge is 0.308 e. The van der Waals surface area contributed by atoms with Crippen LogP contribution in [0.2, 0.25) is 0 Å². The third-order valence-corrected chi connectivity index (χ3v) is 3.18. The number of nitrogen functional groups attached to an aromatic ring is 1. The van der Waals surface area contributed by atoms with Crippen molar-refractivity contribution < 1.29 is 0 Å². The molecule has 0 radical (unpaired) electrons. The molecule has 0 spiro atoms. The van der Waals surface area contributed by atoms with Gasteiger partial charge in [-0.15, -0.1) is 0 Å². The van der Waals surface area contributed by atoms with Crippen LogP contribution < -0.4 is 16.7 Å². The number of rotatable bonds is 4. The summed E-state index contributed by atoms with van der Waals surface area (Å²) >= 11 is 0. The van der Waals surface area contributed by atoms with E-state index >= 15 is 0 Å². The minimum Gasteiger partial charge on any atom is -0.308 e. The second kappa shape index (κ2) is 6.14. The van der Waals surface area contributed by atoms with Gasteiger partial charge in [-0.1, -0.05) is 13.8 Å². The first-order valence-corrected chi connectivity index (χ1v) is 6.64. The Morgan fingerprint density at radius 2 is 1.79 bits per heavy atom. The minimum atomic E-state index is 0.265. The zero-order valence-electron chi connectivity index (χ0n) is 11.8.